The highest BCUT2D eigenvalue weighted by Crippen LogP contribution is 2.37. The highest BCUT2D eigenvalue weighted by Gasteiger charge is 2.25. The molecular formula is C6H7N3. The maximum Gasteiger partial charge on any atom is 0.138 e. The second-order valence-electron chi connectivity index (χ2n) is 2.31. The first-order valence-electron chi connectivity index (χ1n) is 3.09. The fraction of sp³-hybridized carbons (Fsp3) is 0.500. The monoisotopic (exact) mass is 121 g/mol. The van der Waals surface area contributed by atoms with Crippen LogP contribution in [0.4, 0.5) is 0 Å². The van der Waals surface area contributed by atoms with Crippen molar-refractivity contribution in [3.05, 3.63) is 18.2 Å². The predicted octanol–water partition coefficient (Wildman–Crippen LogP) is 0.749. The van der Waals surface area contributed by atoms with Gasteiger partial charge in [0.1, 0.15) is 6.33 Å². The van der Waals surface area contributed by atoms with Gasteiger partial charge < -0.3 is 0 Å². The van der Waals surface area contributed by atoms with Crippen LogP contribution in [-0.2, 0) is 0 Å². The lowest BCUT2D eigenvalue weighted by Crippen LogP contribution is -1.89. The van der Waals surface area contributed by atoms with Gasteiger partial charge in [0, 0.05) is 5.92 Å². The van der Waals surface area contributed by atoms with Crippen molar-refractivity contribution >= 4 is 0 Å². The van der Waals surface area contributed by atoms with Gasteiger partial charge in [0.15, 0.2) is 0 Å². The molecule has 0 N–H and O–H groups in total. The summed E-state index contributed by atoms with van der Waals surface area (Å²) in [5, 5.41) is 7.61. The van der Waals surface area contributed by atoms with Gasteiger partial charge >= 0.3 is 0 Å². The smallest absolute Gasteiger partial charge is 0.138 e. The van der Waals surface area contributed by atoms with Crippen molar-refractivity contribution in [1.82, 2.24) is 15.2 Å². The van der Waals surface area contributed by atoms with E-state index in [9.17, 15) is 0 Å². The Morgan fingerprint density at radius 3 is 2.89 bits per heavy atom. The molecule has 0 saturated heterocycles. The number of nitrogens with zero attached hydrogens (tertiary/aromatic N) is 3. The average Bonchev–Trinajstić information content (AvgIpc) is 2.71. The zero-order valence-electron chi connectivity index (χ0n) is 4.99. The third kappa shape index (κ3) is 0.896. The summed E-state index contributed by atoms with van der Waals surface area (Å²) in [6.07, 6.45) is 5.79. The second kappa shape index (κ2) is 1.76. The molecule has 0 atom stereocenters. The van der Waals surface area contributed by atoms with Crippen LogP contribution in [0.25, 0.3) is 0 Å². The standard InChI is InChI=1S/C6H7N3/c1-2-5(1)6-3-7-4-8-9-6/h3-5H,1-2H2. The third-order valence-corrected chi connectivity index (χ3v) is 1.49. The molecule has 0 bridgehead atoms. The summed E-state index contributed by atoms with van der Waals surface area (Å²) < 4.78 is 0. The maximum atomic E-state index is 3.93. The molecule has 3 nitrogen and oxygen atoms in total. The Labute approximate surface area is 53.1 Å². The zero-order chi connectivity index (χ0) is 6.10. The summed E-state index contributed by atoms with van der Waals surface area (Å²) in [5.41, 5.74) is 1.05. The molecule has 1 saturated carbocycles. The van der Waals surface area contributed by atoms with Crippen molar-refractivity contribution < 1.29 is 0 Å². The van der Waals surface area contributed by atoms with Crippen molar-refractivity contribution in [3.8, 4) is 0 Å². The van der Waals surface area contributed by atoms with Gasteiger partial charge in [-0.05, 0) is 12.8 Å². The van der Waals surface area contributed by atoms with E-state index >= 15 is 0 Å². The molecule has 3 heteroatoms. The van der Waals surface area contributed by atoms with Crippen LogP contribution in [0.2, 0.25) is 0 Å². The zero-order valence-corrected chi connectivity index (χ0v) is 4.99. The Morgan fingerprint density at radius 1 is 1.44 bits per heavy atom. The molecule has 1 aromatic rings. The molecule has 1 heterocycles. The second-order valence-corrected chi connectivity index (χ2v) is 2.31. The Kier molecular flexibility index (Phi) is 0.946. The minimum atomic E-state index is 0.672. The maximum absolute atomic E-state index is 3.93. The van der Waals surface area contributed by atoms with Crippen molar-refractivity contribution in [2.24, 2.45) is 0 Å². The van der Waals surface area contributed by atoms with Crippen LogP contribution < -0.4 is 0 Å². The predicted molar refractivity (Wildman–Crippen MR) is 31.8 cm³/mol. The molecule has 0 radical (unpaired) electrons. The van der Waals surface area contributed by atoms with Crippen LogP contribution in [0, 0.1) is 0 Å². The molecule has 1 aliphatic rings. The molecule has 1 fully saturated rings. The quantitative estimate of drug-likeness (QED) is 0.550. The van der Waals surface area contributed by atoms with E-state index < -0.39 is 0 Å². The van der Waals surface area contributed by atoms with E-state index in [-0.39, 0.29) is 0 Å². The van der Waals surface area contributed by atoms with Crippen LogP contribution in [0.3, 0.4) is 0 Å². The van der Waals surface area contributed by atoms with Crippen LogP contribution >= 0.6 is 0 Å². The van der Waals surface area contributed by atoms with Gasteiger partial charge in [0.25, 0.3) is 0 Å². The van der Waals surface area contributed by atoms with Gasteiger partial charge in [0.2, 0.25) is 0 Å². The fourth-order valence-corrected chi connectivity index (χ4v) is 0.824. The topological polar surface area (TPSA) is 38.7 Å². The Hall–Kier alpha value is -0.990. The lowest BCUT2D eigenvalue weighted by molar-refractivity contribution is 0.869. The number of rotatable bonds is 1. The van der Waals surface area contributed by atoms with Gasteiger partial charge in [-0.1, -0.05) is 0 Å². The van der Waals surface area contributed by atoms with E-state index in [0.717, 1.165) is 5.69 Å². The summed E-state index contributed by atoms with van der Waals surface area (Å²) >= 11 is 0. The number of hydrogen-bond donors (Lipinski definition) is 0. The van der Waals surface area contributed by atoms with Gasteiger partial charge in [-0.15, -0.1) is 5.10 Å². The largest absolute Gasteiger partial charge is 0.241 e. The van der Waals surface area contributed by atoms with E-state index in [0.29, 0.717) is 5.92 Å². The highest BCUT2D eigenvalue weighted by molar-refractivity contribution is 5.07. The summed E-state index contributed by atoms with van der Waals surface area (Å²) in [5.74, 6) is 0.672. The summed E-state index contributed by atoms with van der Waals surface area (Å²) in [6.45, 7) is 0. The molecule has 0 aromatic carbocycles. The molecule has 46 valence electrons. The fourth-order valence-electron chi connectivity index (χ4n) is 0.824. The molecule has 0 aliphatic heterocycles. The first kappa shape index (κ1) is 4.85. The van der Waals surface area contributed by atoms with Gasteiger partial charge in [-0.2, -0.15) is 5.10 Å². The Morgan fingerprint density at radius 2 is 2.33 bits per heavy atom. The van der Waals surface area contributed by atoms with Crippen LogP contribution in [0.5, 0.6) is 0 Å². The Balaban J connectivity index is 2.29. The van der Waals surface area contributed by atoms with Crippen LogP contribution in [-0.4, -0.2) is 15.2 Å². The van der Waals surface area contributed by atoms with E-state index in [2.05, 4.69) is 15.2 Å². The van der Waals surface area contributed by atoms with Crippen molar-refractivity contribution in [2.45, 2.75) is 18.8 Å². The molecule has 2 rings (SSSR count). The SMILES string of the molecule is c1ncc(C2CC2)nn1. The minimum absolute atomic E-state index is 0.672. The minimum Gasteiger partial charge on any atom is -0.241 e. The van der Waals surface area contributed by atoms with E-state index in [1.807, 2.05) is 0 Å². The highest BCUT2D eigenvalue weighted by atomic mass is 15.1. The van der Waals surface area contributed by atoms with Crippen molar-refractivity contribution in [2.75, 3.05) is 0 Å². The molecule has 9 heavy (non-hydrogen) atoms. The Bertz CT molecular complexity index is 193. The van der Waals surface area contributed by atoms with Gasteiger partial charge in [0.05, 0.1) is 11.9 Å². The van der Waals surface area contributed by atoms with Crippen LogP contribution in [0.1, 0.15) is 24.5 Å². The number of aromatic nitrogens is 3. The molecular weight excluding hydrogens is 114 g/mol. The average molecular weight is 121 g/mol. The molecule has 1 aliphatic carbocycles. The number of hydrogen-bond acceptors (Lipinski definition) is 3. The molecule has 0 amide bonds. The van der Waals surface area contributed by atoms with E-state index in [4.69, 9.17) is 0 Å². The summed E-state index contributed by atoms with van der Waals surface area (Å²) in [6, 6.07) is 0. The normalized spacial score (nSPS) is 17.8. The first-order valence-corrected chi connectivity index (χ1v) is 3.09. The lowest BCUT2D eigenvalue weighted by atomic mass is 10.3. The van der Waals surface area contributed by atoms with E-state index in [1.54, 1.807) is 6.20 Å². The first-order chi connectivity index (χ1) is 4.47. The van der Waals surface area contributed by atoms with Gasteiger partial charge in [-0.25, -0.2) is 4.98 Å². The molecule has 0 unspecified atom stereocenters. The molecule has 1 aromatic heterocycles. The van der Waals surface area contributed by atoms with E-state index in [1.165, 1.54) is 19.2 Å². The summed E-state index contributed by atoms with van der Waals surface area (Å²) in [7, 11) is 0. The van der Waals surface area contributed by atoms with Crippen molar-refractivity contribution in [1.29, 1.82) is 0 Å². The summed E-state index contributed by atoms with van der Waals surface area (Å²) in [4.78, 5) is 3.87. The third-order valence-electron chi connectivity index (χ3n) is 1.49. The van der Waals surface area contributed by atoms with Crippen LogP contribution in [0.15, 0.2) is 12.5 Å². The van der Waals surface area contributed by atoms with Gasteiger partial charge in [-0.3, -0.25) is 0 Å². The molecule has 0 spiro atoms. The van der Waals surface area contributed by atoms with Crippen molar-refractivity contribution in [3.63, 3.8) is 0 Å². The lowest BCUT2D eigenvalue weighted by Gasteiger charge is -1.88.